The number of Topliss-reactive ketones (excluding diaryl/α,β-unsaturated/α-hetero) is 1. The van der Waals surface area contributed by atoms with Gasteiger partial charge in [0.1, 0.15) is 29.7 Å². The van der Waals surface area contributed by atoms with E-state index in [0.717, 1.165) is 13.0 Å². The highest BCUT2D eigenvalue weighted by atomic mass is 16.7. The molecule has 0 radical (unpaired) electrons. The Balaban J connectivity index is 2.17. The normalized spacial score (nSPS) is 45.3. The molecule has 0 saturated carbocycles. The number of aliphatic hydroxyl groups excluding tert-OH is 2. The van der Waals surface area contributed by atoms with Crippen molar-refractivity contribution in [2.24, 2.45) is 23.7 Å². The van der Waals surface area contributed by atoms with Crippen molar-refractivity contribution in [2.45, 2.75) is 186 Å². The average Bonchev–Trinajstić information content (AvgIpc) is 3.16. The smallest absolute Gasteiger partial charge is 0.311 e. The maximum absolute atomic E-state index is 14.4. The number of cyclic esters (lactones) is 1. The van der Waals surface area contributed by atoms with Crippen molar-refractivity contribution in [3.8, 4) is 0 Å². The molecular weight excluding hydrogens is 752 g/mol. The number of carbonyl (C=O) groups is 2. The third-order valence-corrected chi connectivity index (χ3v) is 13.3. The highest BCUT2D eigenvalue weighted by Crippen LogP contribution is 2.42. The van der Waals surface area contributed by atoms with Gasteiger partial charge in [0.15, 0.2) is 12.6 Å². The molecular formula is C43H80N2O13. The Labute approximate surface area is 348 Å². The summed E-state index contributed by atoms with van der Waals surface area (Å²) in [6, 6.07) is -0.277. The van der Waals surface area contributed by atoms with Crippen molar-refractivity contribution in [1.29, 1.82) is 0 Å². The topological polar surface area (TPSA) is 175 Å². The lowest BCUT2D eigenvalue weighted by Gasteiger charge is -2.50. The zero-order valence-corrected chi connectivity index (χ0v) is 38.4. The predicted octanol–water partition coefficient (Wildman–Crippen LogP) is 3.42. The summed E-state index contributed by atoms with van der Waals surface area (Å²) in [6.07, 6.45) is -6.81. The van der Waals surface area contributed by atoms with Gasteiger partial charge in [-0.2, -0.15) is 0 Å². The standard InChI is InChI=1S/C43H80N2O13/c1-17-31-43(10,50)36(48)26(4)33(46)24(2)22-41(8,51-15)37(58-40-34(47)30(45(13)14)21-25(3)54-40)27(5)35(28(6)39(49)56-31)57-32-23-42(9,52-16)38(29(7)55-32)53-20-18-19-44(11)12/h24-32,34-38,40,47-48,50H,17-23H2,1-16H3/t24-,25-,26+,27+,28-,29-,30+,31-,32-,34-,35+,36-,37-,38-,40+,41-,42+,43-/m1/s1. The molecule has 15 nitrogen and oxygen atoms in total. The van der Waals surface area contributed by atoms with Gasteiger partial charge >= 0.3 is 5.97 Å². The summed E-state index contributed by atoms with van der Waals surface area (Å²) >= 11 is 0. The molecule has 0 spiro atoms. The number of hydrogen-bond donors (Lipinski definition) is 3. The van der Waals surface area contributed by atoms with E-state index in [1.54, 1.807) is 34.8 Å². The third kappa shape index (κ3) is 11.8. The minimum absolute atomic E-state index is 0.125. The van der Waals surface area contributed by atoms with Crippen LogP contribution in [-0.2, 0) is 47.5 Å². The van der Waals surface area contributed by atoms with Crippen molar-refractivity contribution < 1.29 is 62.8 Å². The van der Waals surface area contributed by atoms with E-state index in [2.05, 4.69) is 4.90 Å². The molecule has 15 heteroatoms. The van der Waals surface area contributed by atoms with Crippen LogP contribution in [0.4, 0.5) is 0 Å². The first-order valence-corrected chi connectivity index (χ1v) is 21.4. The maximum Gasteiger partial charge on any atom is 0.311 e. The average molecular weight is 833 g/mol. The van der Waals surface area contributed by atoms with Gasteiger partial charge in [-0.05, 0) is 102 Å². The van der Waals surface area contributed by atoms with Gasteiger partial charge in [-0.1, -0.05) is 27.7 Å². The second-order valence-electron chi connectivity index (χ2n) is 18.6. The Morgan fingerprint density at radius 2 is 1.45 bits per heavy atom. The minimum atomic E-state index is -1.96. The van der Waals surface area contributed by atoms with E-state index < -0.39 is 102 Å². The number of likely N-dealkylation sites (N-methyl/N-ethyl adjacent to an activating group) is 1. The van der Waals surface area contributed by atoms with Gasteiger partial charge in [-0.15, -0.1) is 0 Å². The van der Waals surface area contributed by atoms with Crippen molar-refractivity contribution in [3.63, 3.8) is 0 Å². The molecule has 3 aliphatic heterocycles. The fraction of sp³-hybridized carbons (Fsp3) is 0.953. The Hall–Kier alpha value is -1.34. The minimum Gasteiger partial charge on any atom is -0.459 e. The number of methoxy groups -OCH3 is 2. The number of nitrogens with zero attached hydrogens (tertiary/aromatic N) is 2. The Morgan fingerprint density at radius 3 is 2.00 bits per heavy atom. The Morgan fingerprint density at radius 1 is 0.845 bits per heavy atom. The summed E-state index contributed by atoms with van der Waals surface area (Å²) in [4.78, 5) is 32.5. The first kappa shape index (κ1) is 51.0. The molecule has 3 aliphatic rings. The van der Waals surface area contributed by atoms with Gasteiger partial charge in [0.25, 0.3) is 0 Å². The second kappa shape index (κ2) is 21.2. The van der Waals surface area contributed by atoms with E-state index in [-0.39, 0.29) is 37.2 Å². The van der Waals surface area contributed by atoms with Gasteiger partial charge in [0.05, 0.1) is 47.6 Å². The number of aliphatic hydroxyl groups is 3. The number of carbonyl (C=O) groups excluding carboxylic acids is 2. The van der Waals surface area contributed by atoms with Crippen LogP contribution >= 0.6 is 0 Å². The van der Waals surface area contributed by atoms with E-state index >= 15 is 0 Å². The molecule has 3 saturated heterocycles. The van der Waals surface area contributed by atoms with Crippen LogP contribution in [0.25, 0.3) is 0 Å². The first-order valence-electron chi connectivity index (χ1n) is 21.4. The fourth-order valence-corrected chi connectivity index (χ4v) is 9.48. The summed E-state index contributed by atoms with van der Waals surface area (Å²) < 4.78 is 51.6. The van der Waals surface area contributed by atoms with Crippen LogP contribution < -0.4 is 0 Å². The zero-order valence-electron chi connectivity index (χ0n) is 38.4. The molecule has 0 aliphatic carbocycles. The summed E-state index contributed by atoms with van der Waals surface area (Å²) in [5.74, 6) is -4.37. The van der Waals surface area contributed by atoms with E-state index in [1.807, 2.05) is 67.7 Å². The first-order chi connectivity index (χ1) is 26.9. The molecule has 340 valence electrons. The van der Waals surface area contributed by atoms with E-state index in [1.165, 1.54) is 14.0 Å². The molecule has 3 N–H and O–H groups in total. The summed E-state index contributed by atoms with van der Waals surface area (Å²) in [6.45, 7) is 19.0. The van der Waals surface area contributed by atoms with Crippen LogP contribution in [0.2, 0.25) is 0 Å². The Kier molecular flexibility index (Phi) is 18.6. The van der Waals surface area contributed by atoms with Crippen LogP contribution in [0.3, 0.4) is 0 Å². The maximum atomic E-state index is 14.4. The van der Waals surface area contributed by atoms with Crippen LogP contribution in [0.15, 0.2) is 0 Å². The molecule has 0 amide bonds. The van der Waals surface area contributed by atoms with Crippen LogP contribution in [0, 0.1) is 23.7 Å². The van der Waals surface area contributed by atoms with E-state index in [4.69, 9.17) is 37.9 Å². The molecule has 0 bridgehead atoms. The van der Waals surface area contributed by atoms with Gasteiger partial charge in [0, 0.05) is 51.0 Å². The summed E-state index contributed by atoms with van der Waals surface area (Å²) in [5, 5.41) is 35.0. The number of ketones is 1. The van der Waals surface area contributed by atoms with Crippen LogP contribution in [-0.4, -0.2) is 177 Å². The largest absolute Gasteiger partial charge is 0.459 e. The molecule has 3 rings (SSSR count). The number of hydrogen-bond acceptors (Lipinski definition) is 15. The van der Waals surface area contributed by atoms with Crippen LogP contribution in [0.5, 0.6) is 0 Å². The monoisotopic (exact) mass is 833 g/mol. The molecule has 0 aromatic carbocycles. The number of esters is 1. The van der Waals surface area contributed by atoms with Gasteiger partial charge < -0.3 is 63.0 Å². The quantitative estimate of drug-likeness (QED) is 0.182. The highest BCUT2D eigenvalue weighted by Gasteiger charge is 2.54. The highest BCUT2D eigenvalue weighted by molar-refractivity contribution is 5.83. The molecule has 0 aromatic heterocycles. The lowest BCUT2D eigenvalue weighted by molar-refractivity contribution is -0.322. The third-order valence-electron chi connectivity index (χ3n) is 13.3. The fourth-order valence-electron chi connectivity index (χ4n) is 9.48. The number of rotatable bonds is 13. The zero-order chi connectivity index (χ0) is 44.1. The van der Waals surface area contributed by atoms with Crippen molar-refractivity contribution in [1.82, 2.24) is 9.80 Å². The summed E-state index contributed by atoms with van der Waals surface area (Å²) in [5.41, 5.74) is -4.02. The number of ether oxygens (including phenoxy) is 8. The SMILES string of the molecule is CC[C@H]1OC(=O)[C@H](C)[C@@H](O[C@@H]2C[C@](C)(OC)[C@H](OCCCN(C)C)[C@@H](C)O2)[C@H](C)[C@@H](O[C@@H]2O[C@H](C)C[C@H](N(C)C)[C@H]2O)[C@](C)(OC)C[C@@H](C)C(=O)[C@H](C)[C@@H](O)[C@]1(C)O. The van der Waals surface area contributed by atoms with Gasteiger partial charge in [-0.3, -0.25) is 9.59 Å². The van der Waals surface area contributed by atoms with Gasteiger partial charge in [-0.25, -0.2) is 0 Å². The molecule has 3 fully saturated rings. The molecule has 58 heavy (non-hydrogen) atoms. The van der Waals surface area contributed by atoms with Crippen molar-refractivity contribution in [2.75, 3.05) is 55.6 Å². The lowest BCUT2D eigenvalue weighted by Crippen LogP contribution is -2.61. The van der Waals surface area contributed by atoms with E-state index in [9.17, 15) is 24.9 Å². The van der Waals surface area contributed by atoms with Crippen LogP contribution in [0.1, 0.15) is 101 Å². The second-order valence-corrected chi connectivity index (χ2v) is 18.6. The molecule has 3 heterocycles. The molecule has 18 atom stereocenters. The molecule has 0 aromatic rings. The lowest BCUT2D eigenvalue weighted by atomic mass is 9.74. The predicted molar refractivity (Wildman–Crippen MR) is 218 cm³/mol. The van der Waals surface area contributed by atoms with Crippen molar-refractivity contribution >= 4 is 11.8 Å². The van der Waals surface area contributed by atoms with Gasteiger partial charge in [0.2, 0.25) is 0 Å². The van der Waals surface area contributed by atoms with E-state index in [0.29, 0.717) is 13.0 Å². The Bertz CT molecular complexity index is 1300. The molecule has 0 unspecified atom stereocenters. The summed E-state index contributed by atoms with van der Waals surface area (Å²) in [7, 11) is 11.0. The van der Waals surface area contributed by atoms with Crippen molar-refractivity contribution in [3.05, 3.63) is 0 Å².